The van der Waals surface area contributed by atoms with Crippen LogP contribution >= 0.6 is 0 Å². The van der Waals surface area contributed by atoms with Crippen LogP contribution in [0, 0.1) is 0 Å². The summed E-state index contributed by atoms with van der Waals surface area (Å²) in [5.41, 5.74) is -4.10. The number of fused-ring (bicyclic) bond motifs is 1. The highest BCUT2D eigenvalue weighted by atomic mass is 19.2. The Labute approximate surface area is 172 Å². The summed E-state index contributed by atoms with van der Waals surface area (Å²) in [4.78, 5) is 39.3. The molecule has 2 heterocycles. The van der Waals surface area contributed by atoms with Gasteiger partial charge in [-0.2, -0.15) is 0 Å². The Morgan fingerprint density at radius 1 is 0.933 bits per heavy atom. The number of carbonyl (C=O) groups excluding carboxylic acids is 3. The Hall–Kier alpha value is -3.29. The molecule has 156 valence electrons. The lowest BCUT2D eigenvalue weighted by Gasteiger charge is -2.23. The smallest absolute Gasteiger partial charge is 0.266 e. The lowest BCUT2D eigenvalue weighted by Crippen LogP contribution is -2.47. The highest BCUT2D eigenvalue weighted by Crippen LogP contribution is 2.45. The van der Waals surface area contributed by atoms with Crippen molar-refractivity contribution in [1.82, 2.24) is 15.1 Å². The SMILES string of the molecule is O=C(NCC(=O)N1C[C@]2(F)CN(Cc3ccccc3)C(=O)[C@]2(F)C1)c1ccccc1. The van der Waals surface area contributed by atoms with Crippen molar-refractivity contribution in [1.29, 1.82) is 0 Å². The van der Waals surface area contributed by atoms with Gasteiger partial charge < -0.3 is 15.1 Å². The molecule has 30 heavy (non-hydrogen) atoms. The minimum absolute atomic E-state index is 0.109. The Kier molecular flexibility index (Phi) is 5.01. The molecule has 2 atom stereocenters. The lowest BCUT2D eigenvalue weighted by molar-refractivity contribution is -0.140. The minimum atomic E-state index is -2.78. The molecule has 0 bridgehead atoms. The monoisotopic (exact) mass is 413 g/mol. The molecule has 4 rings (SSSR count). The fraction of sp³-hybridized carbons (Fsp3) is 0.318. The predicted octanol–water partition coefficient (Wildman–Crippen LogP) is 1.72. The molecule has 0 radical (unpaired) electrons. The van der Waals surface area contributed by atoms with E-state index in [4.69, 9.17) is 0 Å². The van der Waals surface area contributed by atoms with E-state index in [-0.39, 0.29) is 6.54 Å². The number of hydrogen-bond acceptors (Lipinski definition) is 3. The van der Waals surface area contributed by atoms with Crippen molar-refractivity contribution in [2.45, 2.75) is 17.9 Å². The van der Waals surface area contributed by atoms with E-state index in [0.717, 1.165) is 15.4 Å². The van der Waals surface area contributed by atoms with Gasteiger partial charge in [0.1, 0.15) is 0 Å². The summed E-state index contributed by atoms with van der Waals surface area (Å²) in [5, 5.41) is 2.45. The van der Waals surface area contributed by atoms with Crippen molar-refractivity contribution in [2.75, 3.05) is 26.2 Å². The lowest BCUT2D eigenvalue weighted by atomic mass is 9.93. The van der Waals surface area contributed by atoms with Gasteiger partial charge in [0.05, 0.1) is 26.2 Å². The highest BCUT2D eigenvalue weighted by Gasteiger charge is 2.71. The van der Waals surface area contributed by atoms with Crippen LogP contribution in [0.2, 0.25) is 0 Å². The summed E-state index contributed by atoms with van der Waals surface area (Å²) < 4.78 is 30.9. The third-order valence-corrected chi connectivity index (χ3v) is 5.63. The largest absolute Gasteiger partial charge is 0.343 e. The fourth-order valence-electron chi connectivity index (χ4n) is 4.02. The first kappa shape index (κ1) is 20.0. The van der Waals surface area contributed by atoms with E-state index < -0.39 is 55.2 Å². The van der Waals surface area contributed by atoms with Gasteiger partial charge in [-0.25, -0.2) is 8.78 Å². The first-order chi connectivity index (χ1) is 14.3. The molecule has 2 aliphatic rings. The number of likely N-dealkylation sites (tertiary alicyclic amines) is 2. The van der Waals surface area contributed by atoms with E-state index in [1.54, 1.807) is 54.6 Å². The molecule has 0 spiro atoms. The van der Waals surface area contributed by atoms with E-state index in [1.165, 1.54) is 0 Å². The standard InChI is InChI=1S/C22H21F2N3O3/c23-21-13-26(12-16-7-3-1-4-8-16)20(30)22(21,24)15-27(14-21)18(28)11-25-19(29)17-9-5-2-6-10-17/h1-10H,11-15H2,(H,25,29)/t21-,22-/m1/s1. The van der Waals surface area contributed by atoms with E-state index in [2.05, 4.69) is 5.32 Å². The van der Waals surface area contributed by atoms with Gasteiger partial charge in [-0.15, -0.1) is 0 Å². The van der Waals surface area contributed by atoms with E-state index in [9.17, 15) is 14.4 Å². The normalized spacial score (nSPS) is 25.3. The van der Waals surface area contributed by atoms with Crippen LogP contribution in [0.15, 0.2) is 60.7 Å². The quantitative estimate of drug-likeness (QED) is 0.812. The molecule has 0 aliphatic carbocycles. The van der Waals surface area contributed by atoms with Gasteiger partial charge >= 0.3 is 0 Å². The van der Waals surface area contributed by atoms with Crippen LogP contribution in [0.4, 0.5) is 8.78 Å². The van der Waals surface area contributed by atoms with Crippen molar-refractivity contribution in [3.63, 3.8) is 0 Å². The maximum atomic E-state index is 15.5. The second-order valence-corrected chi connectivity index (χ2v) is 7.71. The van der Waals surface area contributed by atoms with Gasteiger partial charge in [-0.1, -0.05) is 48.5 Å². The Balaban J connectivity index is 1.39. The van der Waals surface area contributed by atoms with Gasteiger partial charge in [0.2, 0.25) is 11.6 Å². The van der Waals surface area contributed by atoms with Gasteiger partial charge in [0.25, 0.3) is 11.8 Å². The molecule has 6 nitrogen and oxygen atoms in total. The number of benzene rings is 2. The third kappa shape index (κ3) is 3.42. The van der Waals surface area contributed by atoms with Crippen LogP contribution in [0.3, 0.4) is 0 Å². The molecule has 0 aromatic heterocycles. The molecular formula is C22H21F2N3O3. The first-order valence-corrected chi connectivity index (χ1v) is 9.65. The Morgan fingerprint density at radius 3 is 2.20 bits per heavy atom. The van der Waals surface area contributed by atoms with Gasteiger partial charge in [0, 0.05) is 12.1 Å². The van der Waals surface area contributed by atoms with E-state index >= 15 is 8.78 Å². The summed E-state index contributed by atoms with van der Waals surface area (Å²) in [7, 11) is 0. The maximum Gasteiger partial charge on any atom is 0.266 e. The maximum absolute atomic E-state index is 15.5. The van der Waals surface area contributed by atoms with Crippen molar-refractivity contribution in [2.24, 2.45) is 0 Å². The number of hydrogen-bond donors (Lipinski definition) is 1. The average molecular weight is 413 g/mol. The summed E-state index contributed by atoms with van der Waals surface area (Å²) in [6.07, 6.45) is 0. The Bertz CT molecular complexity index is 972. The summed E-state index contributed by atoms with van der Waals surface area (Å²) in [6.45, 7) is -1.90. The van der Waals surface area contributed by atoms with Crippen LogP contribution in [0.25, 0.3) is 0 Å². The molecule has 0 saturated carbocycles. The number of nitrogens with one attached hydrogen (secondary N) is 1. The second-order valence-electron chi connectivity index (χ2n) is 7.71. The van der Waals surface area contributed by atoms with Crippen LogP contribution < -0.4 is 5.32 Å². The minimum Gasteiger partial charge on any atom is -0.343 e. The third-order valence-electron chi connectivity index (χ3n) is 5.63. The van der Waals surface area contributed by atoms with Crippen LogP contribution in [-0.2, 0) is 16.1 Å². The summed E-state index contributed by atoms with van der Waals surface area (Å²) in [6, 6.07) is 17.3. The van der Waals surface area contributed by atoms with Crippen molar-refractivity contribution >= 4 is 17.7 Å². The number of halogens is 2. The molecule has 8 heteroatoms. The van der Waals surface area contributed by atoms with E-state index in [0.29, 0.717) is 5.56 Å². The number of rotatable bonds is 5. The number of amides is 3. The zero-order valence-electron chi connectivity index (χ0n) is 16.2. The second kappa shape index (κ2) is 7.51. The van der Waals surface area contributed by atoms with Crippen LogP contribution in [0.5, 0.6) is 0 Å². The zero-order chi connectivity index (χ0) is 21.4. The van der Waals surface area contributed by atoms with Crippen molar-refractivity contribution < 1.29 is 23.2 Å². The van der Waals surface area contributed by atoms with Crippen molar-refractivity contribution in [3.05, 3.63) is 71.8 Å². The molecular weight excluding hydrogens is 392 g/mol. The molecule has 2 saturated heterocycles. The summed E-state index contributed by atoms with van der Waals surface area (Å²) >= 11 is 0. The van der Waals surface area contributed by atoms with Crippen LogP contribution in [-0.4, -0.2) is 65.0 Å². The molecule has 2 aliphatic heterocycles. The van der Waals surface area contributed by atoms with Gasteiger partial charge in [-0.05, 0) is 17.7 Å². The predicted molar refractivity (Wildman–Crippen MR) is 105 cm³/mol. The fourth-order valence-corrected chi connectivity index (χ4v) is 4.02. The summed E-state index contributed by atoms with van der Waals surface area (Å²) in [5.74, 6) is -2.04. The first-order valence-electron chi connectivity index (χ1n) is 9.65. The topological polar surface area (TPSA) is 69.7 Å². The average Bonchev–Trinajstić information content (AvgIpc) is 3.12. The van der Waals surface area contributed by atoms with Gasteiger partial charge in [0.15, 0.2) is 5.67 Å². The number of nitrogens with zero attached hydrogens (tertiary/aromatic N) is 2. The van der Waals surface area contributed by atoms with Crippen LogP contribution in [0.1, 0.15) is 15.9 Å². The zero-order valence-corrected chi connectivity index (χ0v) is 16.2. The highest BCUT2D eigenvalue weighted by molar-refractivity contribution is 5.97. The van der Waals surface area contributed by atoms with E-state index in [1.807, 2.05) is 6.07 Å². The number of alkyl halides is 2. The molecule has 2 fully saturated rings. The van der Waals surface area contributed by atoms with Gasteiger partial charge in [-0.3, -0.25) is 14.4 Å². The molecule has 2 aromatic rings. The molecule has 0 unspecified atom stereocenters. The Morgan fingerprint density at radius 2 is 1.57 bits per heavy atom. The molecule has 3 amide bonds. The number of carbonyl (C=O) groups is 3. The van der Waals surface area contributed by atoms with Crippen molar-refractivity contribution in [3.8, 4) is 0 Å². The molecule has 1 N–H and O–H groups in total. The molecule has 2 aromatic carbocycles.